The van der Waals surface area contributed by atoms with Crippen LogP contribution >= 0.6 is 0 Å². The van der Waals surface area contributed by atoms with Crippen LogP contribution in [-0.4, -0.2) is 37.9 Å². The van der Waals surface area contributed by atoms with Crippen LogP contribution in [0.25, 0.3) is 0 Å². The minimum absolute atomic E-state index is 0.0100. The summed E-state index contributed by atoms with van der Waals surface area (Å²) in [7, 11) is 0. The molecule has 2 aromatic rings. The zero-order valence-electron chi connectivity index (χ0n) is 12.8. The van der Waals surface area contributed by atoms with Gasteiger partial charge in [0.2, 0.25) is 5.91 Å². The van der Waals surface area contributed by atoms with Gasteiger partial charge in [0.05, 0.1) is 19.1 Å². The summed E-state index contributed by atoms with van der Waals surface area (Å²) < 4.78 is 1.79. The fourth-order valence-electron chi connectivity index (χ4n) is 3.07. The third-order valence-electron chi connectivity index (χ3n) is 4.19. The summed E-state index contributed by atoms with van der Waals surface area (Å²) in [5.41, 5.74) is 12.3. The molecule has 0 bridgehead atoms. The summed E-state index contributed by atoms with van der Waals surface area (Å²) in [6, 6.07) is 9.65. The molecule has 0 spiro atoms. The van der Waals surface area contributed by atoms with E-state index in [-0.39, 0.29) is 18.4 Å². The fourth-order valence-corrected chi connectivity index (χ4v) is 3.07. The van der Waals surface area contributed by atoms with E-state index in [0.717, 1.165) is 11.4 Å². The van der Waals surface area contributed by atoms with E-state index in [0.29, 0.717) is 25.2 Å². The molecule has 7 heteroatoms. The van der Waals surface area contributed by atoms with Crippen LogP contribution in [0.5, 0.6) is 0 Å². The van der Waals surface area contributed by atoms with Crippen LogP contribution in [0.15, 0.2) is 30.3 Å². The molecule has 0 unspecified atom stereocenters. The number of aliphatic hydroxyl groups excluding tert-OH is 1. The van der Waals surface area contributed by atoms with Gasteiger partial charge in [-0.3, -0.25) is 4.79 Å². The van der Waals surface area contributed by atoms with Gasteiger partial charge in [0, 0.05) is 12.0 Å². The first-order valence-electron chi connectivity index (χ1n) is 7.72. The van der Waals surface area contributed by atoms with Crippen LogP contribution in [0.3, 0.4) is 0 Å². The van der Waals surface area contributed by atoms with Gasteiger partial charge >= 0.3 is 0 Å². The molecule has 1 saturated carbocycles. The van der Waals surface area contributed by atoms with Crippen LogP contribution in [0.4, 0.5) is 0 Å². The van der Waals surface area contributed by atoms with E-state index in [9.17, 15) is 9.90 Å². The highest BCUT2D eigenvalue weighted by atomic mass is 16.3. The maximum atomic E-state index is 11.1. The van der Waals surface area contributed by atoms with Gasteiger partial charge in [-0.2, -0.15) is 5.10 Å². The number of carbonyl (C=O) groups excluding carboxylic acids is 1. The summed E-state index contributed by atoms with van der Waals surface area (Å²) in [6.45, 7) is 0.559. The molecular formula is C16H21N5O2. The maximum absolute atomic E-state index is 11.1. The zero-order valence-corrected chi connectivity index (χ0v) is 12.8. The standard InChI is InChI=1S/C16H21N5O2/c17-12-6-11(7-13(12)22)16-19-15(8-14(18)23)20-21(16)9-10-4-2-1-3-5-10/h1-5,11-13,22H,6-9,17H2,(H2,18,23)/t11-,12+,13+/m0/s1. The first-order valence-corrected chi connectivity index (χ1v) is 7.72. The van der Waals surface area contributed by atoms with Crippen molar-refractivity contribution < 1.29 is 9.90 Å². The van der Waals surface area contributed by atoms with Crippen LogP contribution in [-0.2, 0) is 17.8 Å². The summed E-state index contributed by atoms with van der Waals surface area (Å²) in [4.78, 5) is 15.6. The lowest BCUT2D eigenvalue weighted by Crippen LogP contribution is -2.28. The van der Waals surface area contributed by atoms with Gasteiger partial charge in [0.1, 0.15) is 5.82 Å². The molecule has 1 amide bonds. The Bertz CT molecular complexity index is 675. The predicted octanol–water partition coefficient (Wildman–Crippen LogP) is -0.0802. The lowest BCUT2D eigenvalue weighted by atomic mass is 10.1. The molecule has 1 heterocycles. The Morgan fingerprint density at radius 1 is 1.30 bits per heavy atom. The lowest BCUT2D eigenvalue weighted by molar-refractivity contribution is -0.117. The molecule has 1 aliphatic rings. The molecule has 5 N–H and O–H groups in total. The van der Waals surface area contributed by atoms with E-state index in [1.807, 2.05) is 30.3 Å². The fraction of sp³-hybridized carbons (Fsp3) is 0.438. The Morgan fingerprint density at radius 3 is 2.65 bits per heavy atom. The van der Waals surface area contributed by atoms with Gasteiger partial charge in [-0.05, 0) is 18.4 Å². The normalized spacial score (nSPS) is 24.0. The van der Waals surface area contributed by atoms with E-state index in [1.54, 1.807) is 4.68 Å². The van der Waals surface area contributed by atoms with Gasteiger partial charge < -0.3 is 16.6 Å². The molecule has 1 aromatic heterocycles. The number of hydrogen-bond acceptors (Lipinski definition) is 5. The number of carbonyl (C=O) groups is 1. The van der Waals surface area contributed by atoms with Crippen molar-refractivity contribution in [2.24, 2.45) is 11.5 Å². The highest BCUT2D eigenvalue weighted by molar-refractivity contribution is 5.75. The molecule has 3 rings (SSSR count). The number of aliphatic hydroxyl groups is 1. The second-order valence-electron chi connectivity index (χ2n) is 6.07. The Kier molecular flexibility index (Phi) is 4.40. The number of nitrogens with zero attached hydrogens (tertiary/aromatic N) is 3. The molecule has 1 aliphatic carbocycles. The highest BCUT2D eigenvalue weighted by Crippen LogP contribution is 2.33. The number of amides is 1. The van der Waals surface area contributed by atoms with Crippen molar-refractivity contribution >= 4 is 5.91 Å². The quantitative estimate of drug-likeness (QED) is 0.713. The number of benzene rings is 1. The first-order chi connectivity index (χ1) is 11.0. The van der Waals surface area contributed by atoms with Crippen molar-refractivity contribution in [3.8, 4) is 0 Å². The van der Waals surface area contributed by atoms with Crippen molar-refractivity contribution in [1.29, 1.82) is 0 Å². The predicted molar refractivity (Wildman–Crippen MR) is 84.4 cm³/mol. The van der Waals surface area contributed by atoms with Gasteiger partial charge in [-0.1, -0.05) is 30.3 Å². The molecule has 0 aliphatic heterocycles. The maximum Gasteiger partial charge on any atom is 0.225 e. The topological polar surface area (TPSA) is 120 Å². The van der Waals surface area contributed by atoms with Crippen LogP contribution in [0.2, 0.25) is 0 Å². The largest absolute Gasteiger partial charge is 0.391 e. The van der Waals surface area contributed by atoms with E-state index in [4.69, 9.17) is 11.5 Å². The molecule has 1 fully saturated rings. The van der Waals surface area contributed by atoms with Crippen molar-refractivity contribution in [2.45, 2.75) is 43.9 Å². The average molecular weight is 315 g/mol. The van der Waals surface area contributed by atoms with E-state index in [1.165, 1.54) is 0 Å². The zero-order chi connectivity index (χ0) is 16.4. The first kappa shape index (κ1) is 15.6. The van der Waals surface area contributed by atoms with Crippen LogP contribution in [0.1, 0.15) is 36.0 Å². The third-order valence-corrected chi connectivity index (χ3v) is 4.19. The molecule has 23 heavy (non-hydrogen) atoms. The molecule has 0 saturated heterocycles. The Morgan fingerprint density at radius 2 is 2.04 bits per heavy atom. The second-order valence-corrected chi connectivity index (χ2v) is 6.07. The summed E-state index contributed by atoms with van der Waals surface area (Å²) in [5, 5.41) is 14.3. The third kappa shape index (κ3) is 3.57. The minimum Gasteiger partial charge on any atom is -0.391 e. The molecule has 7 nitrogen and oxygen atoms in total. The van der Waals surface area contributed by atoms with E-state index in [2.05, 4.69) is 10.1 Å². The molecular weight excluding hydrogens is 294 g/mol. The Hall–Kier alpha value is -2.25. The molecule has 0 radical (unpaired) electrons. The number of primary amides is 1. The number of hydrogen-bond donors (Lipinski definition) is 3. The molecule has 3 atom stereocenters. The Balaban J connectivity index is 1.89. The van der Waals surface area contributed by atoms with Crippen molar-refractivity contribution in [2.75, 3.05) is 0 Å². The molecule has 1 aromatic carbocycles. The van der Waals surface area contributed by atoms with Gasteiger partial charge in [0.25, 0.3) is 0 Å². The summed E-state index contributed by atoms with van der Waals surface area (Å²) in [6.07, 6.45) is 0.701. The highest BCUT2D eigenvalue weighted by Gasteiger charge is 2.34. The number of nitrogens with two attached hydrogens (primary N) is 2. The van der Waals surface area contributed by atoms with Gasteiger partial charge in [-0.15, -0.1) is 0 Å². The number of aromatic nitrogens is 3. The Labute approximate surface area is 134 Å². The summed E-state index contributed by atoms with van der Waals surface area (Å²) in [5.74, 6) is 0.755. The minimum atomic E-state index is -0.526. The monoisotopic (exact) mass is 315 g/mol. The van der Waals surface area contributed by atoms with Crippen molar-refractivity contribution in [3.63, 3.8) is 0 Å². The van der Waals surface area contributed by atoms with Crippen molar-refractivity contribution in [3.05, 3.63) is 47.5 Å². The van der Waals surface area contributed by atoms with Crippen LogP contribution < -0.4 is 11.5 Å². The second kappa shape index (κ2) is 6.47. The van der Waals surface area contributed by atoms with Gasteiger partial charge in [-0.25, -0.2) is 9.67 Å². The van der Waals surface area contributed by atoms with E-state index < -0.39 is 12.0 Å². The van der Waals surface area contributed by atoms with Gasteiger partial charge in [0.15, 0.2) is 5.82 Å². The summed E-state index contributed by atoms with van der Waals surface area (Å²) >= 11 is 0. The number of rotatable bonds is 5. The van der Waals surface area contributed by atoms with Crippen LogP contribution in [0, 0.1) is 0 Å². The smallest absolute Gasteiger partial charge is 0.225 e. The lowest BCUT2D eigenvalue weighted by Gasteiger charge is -2.11. The van der Waals surface area contributed by atoms with E-state index >= 15 is 0 Å². The average Bonchev–Trinajstić information content (AvgIpc) is 3.03. The molecule has 122 valence electrons. The van der Waals surface area contributed by atoms with Crippen molar-refractivity contribution in [1.82, 2.24) is 14.8 Å². The SMILES string of the molecule is NC(=O)Cc1nc([C@H]2C[C@@H](N)[C@H](O)C2)n(Cc2ccccc2)n1.